The minimum Gasteiger partial charge on any atom is -0.488 e. The fraction of sp³-hybridized carbons (Fsp3) is 0.0417. The van der Waals surface area contributed by atoms with Crippen molar-refractivity contribution in [2.45, 2.75) is 11.5 Å². The van der Waals surface area contributed by atoms with Crippen molar-refractivity contribution in [1.29, 1.82) is 0 Å². The molecular weight excluding hydrogens is 442 g/mol. The number of ether oxygens (including phenoxy) is 1. The Morgan fingerprint density at radius 3 is 2.42 bits per heavy atom. The first kappa shape index (κ1) is 22.0. The van der Waals surface area contributed by atoms with E-state index in [9.17, 15) is 18.5 Å². The molecule has 0 amide bonds. The normalized spacial score (nSPS) is 11.5. The Kier molecular flexibility index (Phi) is 6.32. The maximum absolute atomic E-state index is 12.6. The smallest absolute Gasteiger partial charge is 0.276 e. The molecule has 0 bridgehead atoms. The van der Waals surface area contributed by atoms with Crippen molar-refractivity contribution in [2.75, 3.05) is 0 Å². The summed E-state index contributed by atoms with van der Waals surface area (Å²) in [4.78, 5) is 13.0. The van der Waals surface area contributed by atoms with Gasteiger partial charge in [0.1, 0.15) is 12.4 Å². The van der Waals surface area contributed by atoms with Gasteiger partial charge in [-0.25, -0.2) is 4.83 Å². The molecule has 8 nitrogen and oxygen atoms in total. The van der Waals surface area contributed by atoms with Crippen molar-refractivity contribution in [3.63, 3.8) is 0 Å². The van der Waals surface area contributed by atoms with Crippen molar-refractivity contribution >= 4 is 32.7 Å². The lowest BCUT2D eigenvalue weighted by Crippen LogP contribution is -2.18. The van der Waals surface area contributed by atoms with Gasteiger partial charge in [0.15, 0.2) is 0 Å². The van der Waals surface area contributed by atoms with E-state index in [-0.39, 0.29) is 17.2 Å². The first-order valence-corrected chi connectivity index (χ1v) is 11.4. The molecule has 0 spiro atoms. The lowest BCUT2D eigenvalue weighted by atomic mass is 10.1. The molecule has 0 aliphatic carbocycles. The fourth-order valence-electron chi connectivity index (χ4n) is 3.24. The van der Waals surface area contributed by atoms with Gasteiger partial charge in [-0.3, -0.25) is 10.1 Å². The molecule has 0 saturated heterocycles. The number of hydrogen-bond donors (Lipinski definition) is 1. The van der Waals surface area contributed by atoms with Crippen LogP contribution >= 0.6 is 0 Å². The number of nitro benzene ring substituents is 1. The molecular formula is C24H19N3O5S. The van der Waals surface area contributed by atoms with Gasteiger partial charge in [0.25, 0.3) is 15.7 Å². The SMILES string of the molecule is O=[N+]([O-])c1ccccc1COc1ccccc1C=NNS(=O)(=O)c1ccc2ccccc2c1. The summed E-state index contributed by atoms with van der Waals surface area (Å²) in [5.41, 5.74) is 0.898. The average molecular weight is 461 g/mol. The molecule has 0 aliphatic rings. The van der Waals surface area contributed by atoms with Crippen LogP contribution in [0.5, 0.6) is 5.75 Å². The highest BCUT2D eigenvalue weighted by molar-refractivity contribution is 7.89. The Morgan fingerprint density at radius 2 is 1.61 bits per heavy atom. The van der Waals surface area contributed by atoms with E-state index in [0.717, 1.165) is 10.8 Å². The predicted molar refractivity (Wildman–Crippen MR) is 126 cm³/mol. The maximum Gasteiger partial charge on any atom is 0.276 e. The zero-order chi connectivity index (χ0) is 23.3. The van der Waals surface area contributed by atoms with Crippen LogP contribution in [0.4, 0.5) is 5.69 Å². The van der Waals surface area contributed by atoms with Gasteiger partial charge < -0.3 is 4.74 Å². The molecule has 0 heterocycles. The molecule has 0 atom stereocenters. The summed E-state index contributed by atoms with van der Waals surface area (Å²) < 4.78 is 31.0. The first-order valence-electron chi connectivity index (χ1n) is 9.92. The Bertz CT molecular complexity index is 1450. The van der Waals surface area contributed by atoms with E-state index in [2.05, 4.69) is 9.93 Å². The summed E-state index contributed by atoms with van der Waals surface area (Å²) in [5, 5.41) is 16.8. The zero-order valence-electron chi connectivity index (χ0n) is 17.3. The van der Waals surface area contributed by atoms with E-state index in [4.69, 9.17) is 4.74 Å². The molecule has 4 aromatic rings. The third-order valence-corrected chi connectivity index (χ3v) is 6.12. The lowest BCUT2D eigenvalue weighted by molar-refractivity contribution is -0.385. The summed E-state index contributed by atoms with van der Waals surface area (Å²) in [6.07, 6.45) is 1.33. The second-order valence-electron chi connectivity index (χ2n) is 7.07. The molecule has 0 fully saturated rings. The van der Waals surface area contributed by atoms with Crippen LogP contribution in [-0.2, 0) is 16.6 Å². The minimum atomic E-state index is -3.87. The second kappa shape index (κ2) is 9.49. The van der Waals surface area contributed by atoms with Gasteiger partial charge in [-0.15, -0.1) is 0 Å². The van der Waals surface area contributed by atoms with E-state index in [0.29, 0.717) is 16.9 Å². The molecule has 0 aromatic heterocycles. The number of hydrazone groups is 1. The summed E-state index contributed by atoms with van der Waals surface area (Å²) in [6.45, 7) is -0.0230. The molecule has 4 aromatic carbocycles. The van der Waals surface area contributed by atoms with Crippen LogP contribution in [0, 0.1) is 10.1 Å². The topological polar surface area (TPSA) is 111 Å². The lowest BCUT2D eigenvalue weighted by Gasteiger charge is -2.09. The number of benzene rings is 4. The van der Waals surface area contributed by atoms with Crippen molar-refractivity contribution in [1.82, 2.24) is 4.83 Å². The van der Waals surface area contributed by atoms with Crippen LogP contribution in [-0.4, -0.2) is 19.6 Å². The summed E-state index contributed by atoms with van der Waals surface area (Å²) in [5.74, 6) is 0.407. The Morgan fingerprint density at radius 1 is 0.909 bits per heavy atom. The minimum absolute atomic E-state index is 0.0230. The highest BCUT2D eigenvalue weighted by Gasteiger charge is 2.15. The fourth-order valence-corrected chi connectivity index (χ4v) is 4.06. The summed E-state index contributed by atoms with van der Waals surface area (Å²) >= 11 is 0. The molecule has 33 heavy (non-hydrogen) atoms. The van der Waals surface area contributed by atoms with Gasteiger partial charge >= 0.3 is 0 Å². The molecule has 166 valence electrons. The number of nitrogens with one attached hydrogen (secondary N) is 1. The highest BCUT2D eigenvalue weighted by Crippen LogP contribution is 2.23. The monoisotopic (exact) mass is 461 g/mol. The van der Waals surface area contributed by atoms with Crippen molar-refractivity contribution in [3.8, 4) is 5.75 Å². The van der Waals surface area contributed by atoms with E-state index in [1.165, 1.54) is 18.3 Å². The Hall–Kier alpha value is -4.24. The number of nitrogens with zero attached hydrogens (tertiary/aromatic N) is 2. The van der Waals surface area contributed by atoms with Gasteiger partial charge in [0.05, 0.1) is 21.6 Å². The maximum atomic E-state index is 12.6. The predicted octanol–water partition coefficient (Wildman–Crippen LogP) is 4.64. The number of fused-ring (bicyclic) bond motifs is 1. The molecule has 4 rings (SSSR count). The number of para-hydroxylation sites is 2. The van der Waals surface area contributed by atoms with E-state index < -0.39 is 14.9 Å². The molecule has 0 saturated carbocycles. The molecule has 0 aliphatic heterocycles. The third kappa shape index (κ3) is 5.16. The standard InChI is InChI=1S/C24H19N3O5S/c28-27(29)23-11-5-3-10-21(23)17-32-24-12-6-4-9-20(24)16-25-26-33(30,31)22-14-13-18-7-1-2-8-19(18)15-22/h1-16,26H,17H2. The Labute approximate surface area is 190 Å². The van der Waals surface area contributed by atoms with Crippen LogP contribution in [0.2, 0.25) is 0 Å². The third-order valence-electron chi connectivity index (χ3n) is 4.90. The number of hydrogen-bond acceptors (Lipinski definition) is 6. The van der Waals surface area contributed by atoms with Crippen LogP contribution in [0.25, 0.3) is 10.8 Å². The molecule has 1 N–H and O–H groups in total. The van der Waals surface area contributed by atoms with Gasteiger partial charge in [-0.05, 0) is 41.1 Å². The van der Waals surface area contributed by atoms with Gasteiger partial charge in [0, 0.05) is 11.6 Å². The van der Waals surface area contributed by atoms with Crippen molar-refractivity contribution < 1.29 is 18.1 Å². The van der Waals surface area contributed by atoms with Crippen LogP contribution in [0.1, 0.15) is 11.1 Å². The quantitative estimate of drug-likeness (QED) is 0.233. The van der Waals surface area contributed by atoms with E-state index >= 15 is 0 Å². The second-order valence-corrected chi connectivity index (χ2v) is 8.74. The summed E-state index contributed by atoms with van der Waals surface area (Å²) in [7, 11) is -3.87. The molecule has 9 heteroatoms. The van der Waals surface area contributed by atoms with E-state index in [1.54, 1.807) is 54.6 Å². The van der Waals surface area contributed by atoms with Crippen LogP contribution < -0.4 is 9.57 Å². The average Bonchev–Trinajstić information content (AvgIpc) is 2.83. The Balaban J connectivity index is 1.49. The zero-order valence-corrected chi connectivity index (χ0v) is 18.1. The van der Waals surface area contributed by atoms with E-state index in [1.807, 2.05) is 24.3 Å². The van der Waals surface area contributed by atoms with Gasteiger partial charge in [-0.1, -0.05) is 54.6 Å². The summed E-state index contributed by atoms with van der Waals surface area (Å²) in [6, 6.07) is 25.5. The number of sulfonamides is 1. The number of rotatable bonds is 8. The molecule has 0 unspecified atom stereocenters. The van der Waals surface area contributed by atoms with Crippen molar-refractivity contribution in [2.24, 2.45) is 5.10 Å². The van der Waals surface area contributed by atoms with Gasteiger partial charge in [0.2, 0.25) is 0 Å². The highest BCUT2D eigenvalue weighted by atomic mass is 32.2. The molecule has 0 radical (unpaired) electrons. The number of nitro groups is 1. The van der Waals surface area contributed by atoms with Crippen LogP contribution in [0.15, 0.2) is 101 Å². The van der Waals surface area contributed by atoms with Crippen LogP contribution in [0.3, 0.4) is 0 Å². The largest absolute Gasteiger partial charge is 0.488 e. The van der Waals surface area contributed by atoms with Crippen molar-refractivity contribution in [3.05, 3.63) is 112 Å². The first-order chi connectivity index (χ1) is 15.9. The van der Waals surface area contributed by atoms with Gasteiger partial charge in [-0.2, -0.15) is 13.5 Å².